The number of urea groups is 1. The highest BCUT2D eigenvalue weighted by Gasteiger charge is 2.44. The molecule has 4 heterocycles. The molecule has 8 nitrogen and oxygen atoms in total. The average molecular weight is 523 g/mol. The summed E-state index contributed by atoms with van der Waals surface area (Å²) in [6, 6.07) is 16.1. The second kappa shape index (κ2) is 9.32. The summed E-state index contributed by atoms with van der Waals surface area (Å²) in [6.45, 7) is -0.375. The second-order valence-corrected chi connectivity index (χ2v) is 9.67. The maximum atomic E-state index is 13.3. The average Bonchev–Trinajstić information content (AvgIpc) is 3.50. The molecule has 2 atom stereocenters. The standard InChI is InChI=1S/C27H25F3N6O2/c1-38-24-10-17(7-8-31-24)25-19-9-18-12-36(26(37)32-21(18)11-22(19)33-34-25)23-14-35(15-27(28,29)30)13-20(23)16-5-3-2-4-6-16/h2-11,20,23H,12-15H2,1H3,(H,32,37)(H,33,34)/t20-,23+/m0/s1. The van der Waals surface area contributed by atoms with Crippen LogP contribution in [0.1, 0.15) is 17.0 Å². The summed E-state index contributed by atoms with van der Waals surface area (Å²) >= 11 is 0. The van der Waals surface area contributed by atoms with Gasteiger partial charge in [-0.15, -0.1) is 0 Å². The molecule has 1 fully saturated rings. The van der Waals surface area contributed by atoms with Crippen molar-refractivity contribution in [2.45, 2.75) is 24.7 Å². The second-order valence-electron chi connectivity index (χ2n) is 9.67. The Hall–Kier alpha value is -4.12. The number of halogens is 3. The summed E-state index contributed by atoms with van der Waals surface area (Å²) in [5.74, 6) is 0.218. The number of pyridine rings is 1. The van der Waals surface area contributed by atoms with Gasteiger partial charge in [0.1, 0.15) is 5.69 Å². The molecule has 38 heavy (non-hydrogen) atoms. The highest BCUT2D eigenvalue weighted by Crippen LogP contribution is 2.38. The molecule has 1 saturated heterocycles. The number of benzene rings is 2. The van der Waals surface area contributed by atoms with Gasteiger partial charge >= 0.3 is 12.2 Å². The Bertz CT molecular complexity index is 1490. The zero-order valence-corrected chi connectivity index (χ0v) is 20.5. The molecule has 2 N–H and O–H groups in total. The molecule has 0 unspecified atom stereocenters. The number of alkyl halides is 3. The molecule has 0 aliphatic carbocycles. The first kappa shape index (κ1) is 24.2. The third-order valence-corrected chi connectivity index (χ3v) is 7.24. The van der Waals surface area contributed by atoms with Gasteiger partial charge in [0, 0.05) is 54.5 Å². The van der Waals surface area contributed by atoms with E-state index in [1.807, 2.05) is 48.5 Å². The number of nitrogens with one attached hydrogen (secondary N) is 2. The SMILES string of the molecule is COc1cc(-c2n[nH]c3cc4c(cc23)CN([C@@H]2CN(CC(F)(F)F)C[C@H]2c2ccccc2)C(=O)N4)ccn1. The molecule has 0 saturated carbocycles. The maximum Gasteiger partial charge on any atom is 0.401 e. The minimum absolute atomic E-state index is 0.137. The number of ether oxygens (including phenoxy) is 1. The fraction of sp³-hybridized carbons (Fsp3) is 0.296. The zero-order chi connectivity index (χ0) is 26.4. The molecular formula is C27H25F3N6O2. The first-order valence-electron chi connectivity index (χ1n) is 12.2. The van der Waals surface area contributed by atoms with Gasteiger partial charge < -0.3 is 15.0 Å². The highest BCUT2D eigenvalue weighted by molar-refractivity contribution is 6.00. The van der Waals surface area contributed by atoms with Crippen LogP contribution in [0.25, 0.3) is 22.2 Å². The Morgan fingerprint density at radius 2 is 1.92 bits per heavy atom. The molecule has 2 aliphatic rings. The molecule has 11 heteroatoms. The van der Waals surface area contributed by atoms with E-state index in [-0.39, 0.29) is 31.6 Å². The van der Waals surface area contributed by atoms with Crippen LogP contribution in [0, 0.1) is 0 Å². The molecule has 2 amide bonds. The van der Waals surface area contributed by atoms with Crippen LogP contribution in [0.5, 0.6) is 5.88 Å². The van der Waals surface area contributed by atoms with Crippen molar-refractivity contribution in [3.05, 3.63) is 71.9 Å². The largest absolute Gasteiger partial charge is 0.481 e. The van der Waals surface area contributed by atoms with E-state index in [0.29, 0.717) is 17.3 Å². The molecule has 0 bridgehead atoms. The Morgan fingerprint density at radius 3 is 2.68 bits per heavy atom. The number of aromatic nitrogens is 3. The third-order valence-electron chi connectivity index (χ3n) is 7.24. The lowest BCUT2D eigenvalue weighted by molar-refractivity contribution is -0.143. The molecule has 4 aromatic rings. The molecule has 0 spiro atoms. The summed E-state index contributed by atoms with van der Waals surface area (Å²) in [7, 11) is 1.55. The van der Waals surface area contributed by atoms with Gasteiger partial charge in [-0.05, 0) is 29.3 Å². The normalized spacial score (nSPS) is 20.0. The number of fused-ring (bicyclic) bond motifs is 2. The zero-order valence-electron chi connectivity index (χ0n) is 20.5. The van der Waals surface area contributed by atoms with Gasteiger partial charge in [-0.1, -0.05) is 30.3 Å². The molecule has 2 aromatic carbocycles. The van der Waals surface area contributed by atoms with E-state index in [1.54, 1.807) is 24.3 Å². The Morgan fingerprint density at radius 1 is 1.11 bits per heavy atom. The fourth-order valence-electron chi connectivity index (χ4n) is 5.55. The third kappa shape index (κ3) is 4.53. The van der Waals surface area contributed by atoms with Gasteiger partial charge in [-0.3, -0.25) is 10.00 Å². The summed E-state index contributed by atoms with van der Waals surface area (Å²) < 4.78 is 45.1. The van der Waals surface area contributed by atoms with Gasteiger partial charge in [0.2, 0.25) is 5.88 Å². The quantitative estimate of drug-likeness (QED) is 0.385. The van der Waals surface area contributed by atoms with Crippen LogP contribution in [-0.2, 0) is 6.54 Å². The van der Waals surface area contributed by atoms with Crippen LogP contribution in [0.2, 0.25) is 0 Å². The first-order valence-corrected chi connectivity index (χ1v) is 12.2. The Labute approximate surface area is 216 Å². The van der Waals surface area contributed by atoms with Crippen molar-refractivity contribution >= 4 is 22.6 Å². The number of nitrogens with zero attached hydrogens (tertiary/aromatic N) is 4. The number of anilines is 1. The van der Waals surface area contributed by atoms with Gasteiger partial charge in [0.05, 0.1) is 25.2 Å². The fourth-order valence-corrected chi connectivity index (χ4v) is 5.55. The minimum Gasteiger partial charge on any atom is -0.481 e. The van der Waals surface area contributed by atoms with Gasteiger partial charge in [0.25, 0.3) is 0 Å². The van der Waals surface area contributed by atoms with Crippen molar-refractivity contribution < 1.29 is 22.7 Å². The van der Waals surface area contributed by atoms with Crippen molar-refractivity contribution in [2.75, 3.05) is 32.1 Å². The lowest BCUT2D eigenvalue weighted by Crippen LogP contribution is -2.48. The van der Waals surface area contributed by atoms with Crippen molar-refractivity contribution in [1.82, 2.24) is 25.0 Å². The molecule has 0 radical (unpaired) electrons. The number of rotatable bonds is 5. The van der Waals surface area contributed by atoms with Crippen LogP contribution in [0.4, 0.5) is 23.7 Å². The summed E-state index contributed by atoms with van der Waals surface area (Å²) in [4.78, 5) is 20.5. The number of methoxy groups -OCH3 is 1. The Balaban J connectivity index is 1.35. The summed E-state index contributed by atoms with van der Waals surface area (Å²) in [5.41, 5.74) is 4.72. The number of carbonyl (C=O) groups is 1. The van der Waals surface area contributed by atoms with Crippen molar-refractivity contribution in [3.63, 3.8) is 0 Å². The van der Waals surface area contributed by atoms with Crippen LogP contribution < -0.4 is 10.1 Å². The molecule has 2 aliphatic heterocycles. The van der Waals surface area contributed by atoms with E-state index in [2.05, 4.69) is 20.5 Å². The number of H-pyrrole nitrogens is 1. The van der Waals surface area contributed by atoms with E-state index in [9.17, 15) is 18.0 Å². The summed E-state index contributed by atoms with van der Waals surface area (Å²) in [6.07, 6.45) is -2.67. The van der Waals surface area contributed by atoms with E-state index in [4.69, 9.17) is 4.74 Å². The van der Waals surface area contributed by atoms with Crippen LogP contribution in [0.3, 0.4) is 0 Å². The van der Waals surface area contributed by atoms with Crippen LogP contribution in [0.15, 0.2) is 60.8 Å². The maximum absolute atomic E-state index is 13.3. The van der Waals surface area contributed by atoms with E-state index < -0.39 is 18.8 Å². The van der Waals surface area contributed by atoms with Crippen LogP contribution in [-0.4, -0.2) is 70.0 Å². The summed E-state index contributed by atoms with van der Waals surface area (Å²) in [5, 5.41) is 11.3. The van der Waals surface area contributed by atoms with Gasteiger partial charge in [-0.25, -0.2) is 9.78 Å². The number of hydrogen-bond donors (Lipinski definition) is 2. The molecular weight excluding hydrogens is 497 g/mol. The van der Waals surface area contributed by atoms with E-state index in [1.165, 1.54) is 4.90 Å². The monoisotopic (exact) mass is 522 g/mol. The van der Waals surface area contributed by atoms with Gasteiger partial charge in [-0.2, -0.15) is 18.3 Å². The lowest BCUT2D eigenvalue weighted by Gasteiger charge is -2.36. The minimum atomic E-state index is -4.31. The van der Waals surface area contributed by atoms with Crippen LogP contribution >= 0.6 is 0 Å². The number of carbonyl (C=O) groups excluding carboxylic acids is 1. The van der Waals surface area contributed by atoms with Crippen molar-refractivity contribution in [3.8, 4) is 17.1 Å². The van der Waals surface area contributed by atoms with Crippen molar-refractivity contribution in [2.24, 2.45) is 0 Å². The molecule has 2 aromatic heterocycles. The molecule has 196 valence electrons. The molecule has 6 rings (SSSR count). The number of amides is 2. The lowest BCUT2D eigenvalue weighted by atomic mass is 9.92. The number of aromatic amines is 1. The topological polar surface area (TPSA) is 86.4 Å². The smallest absolute Gasteiger partial charge is 0.401 e. The highest BCUT2D eigenvalue weighted by atomic mass is 19.4. The van der Waals surface area contributed by atoms with E-state index in [0.717, 1.165) is 27.6 Å². The first-order chi connectivity index (χ1) is 18.3. The number of hydrogen-bond acceptors (Lipinski definition) is 5. The Kier molecular flexibility index (Phi) is 5.94. The predicted octanol–water partition coefficient (Wildman–Crippen LogP) is 5.01. The number of likely N-dealkylation sites (tertiary alicyclic amines) is 1. The predicted molar refractivity (Wildman–Crippen MR) is 136 cm³/mol. The van der Waals surface area contributed by atoms with Crippen molar-refractivity contribution in [1.29, 1.82) is 0 Å². The van der Waals surface area contributed by atoms with E-state index >= 15 is 0 Å². The van der Waals surface area contributed by atoms with Gasteiger partial charge in [0.15, 0.2) is 0 Å².